The highest BCUT2D eigenvalue weighted by molar-refractivity contribution is 5.53. The minimum Gasteiger partial charge on any atom is -0.379 e. The molecule has 1 aliphatic heterocycles. The highest BCUT2D eigenvalue weighted by atomic mass is 16.5. The van der Waals surface area contributed by atoms with E-state index >= 15 is 0 Å². The molecule has 3 heteroatoms. The summed E-state index contributed by atoms with van der Waals surface area (Å²) in [5.74, 6) is 0.128. The summed E-state index contributed by atoms with van der Waals surface area (Å²) in [6.07, 6.45) is 1.03. The fourth-order valence-electron chi connectivity index (χ4n) is 1.43. The summed E-state index contributed by atoms with van der Waals surface area (Å²) in [5.41, 5.74) is 0. The van der Waals surface area contributed by atoms with Gasteiger partial charge >= 0.3 is 0 Å². The van der Waals surface area contributed by atoms with Crippen LogP contribution < -0.4 is 0 Å². The van der Waals surface area contributed by atoms with Crippen LogP contribution in [0.3, 0.4) is 0 Å². The Morgan fingerprint density at radius 3 is 2.42 bits per heavy atom. The van der Waals surface area contributed by atoms with Gasteiger partial charge in [-0.1, -0.05) is 6.92 Å². The number of rotatable bonds is 3. The summed E-state index contributed by atoms with van der Waals surface area (Å²) in [4.78, 5) is 12.8. The molecule has 0 spiro atoms. The van der Waals surface area contributed by atoms with Crippen LogP contribution in [0.5, 0.6) is 0 Å². The molecule has 0 radical (unpaired) electrons. The Hall–Kier alpha value is -0.410. The van der Waals surface area contributed by atoms with E-state index in [1.165, 1.54) is 0 Å². The van der Waals surface area contributed by atoms with Gasteiger partial charge in [-0.25, -0.2) is 0 Å². The molecule has 3 nitrogen and oxygen atoms in total. The minimum atomic E-state index is 0.128. The molecule has 1 saturated heterocycles. The monoisotopic (exact) mass is 171 g/mol. The lowest BCUT2D eigenvalue weighted by Gasteiger charge is -2.33. The lowest BCUT2D eigenvalue weighted by Crippen LogP contribution is -2.45. The number of aldehydes is 1. The molecule has 0 amide bonds. The maximum atomic E-state index is 10.5. The van der Waals surface area contributed by atoms with Gasteiger partial charge < -0.3 is 9.53 Å². The van der Waals surface area contributed by atoms with E-state index in [1.54, 1.807) is 0 Å². The van der Waals surface area contributed by atoms with E-state index in [2.05, 4.69) is 11.8 Å². The van der Waals surface area contributed by atoms with Crippen LogP contribution in [0.2, 0.25) is 0 Å². The fraction of sp³-hybridized carbons (Fsp3) is 0.889. The molecule has 0 aromatic carbocycles. The Bertz CT molecular complexity index is 143. The van der Waals surface area contributed by atoms with Gasteiger partial charge in [-0.2, -0.15) is 0 Å². The number of carbonyl (C=O) groups is 1. The van der Waals surface area contributed by atoms with Crippen molar-refractivity contribution in [2.24, 2.45) is 5.92 Å². The summed E-state index contributed by atoms with van der Waals surface area (Å²) >= 11 is 0. The van der Waals surface area contributed by atoms with E-state index in [-0.39, 0.29) is 5.92 Å². The highest BCUT2D eigenvalue weighted by Gasteiger charge is 2.21. The van der Waals surface area contributed by atoms with Crippen molar-refractivity contribution < 1.29 is 9.53 Å². The number of ether oxygens (including phenoxy) is 1. The SMILES string of the molecule is CC(C=O)[C@H](C)N1CCOCC1. The van der Waals surface area contributed by atoms with Crippen LogP contribution in [0, 0.1) is 5.92 Å². The first-order valence-corrected chi connectivity index (χ1v) is 4.53. The van der Waals surface area contributed by atoms with Crippen LogP contribution in [-0.2, 0) is 9.53 Å². The first-order chi connectivity index (χ1) is 5.75. The average Bonchev–Trinajstić information content (AvgIpc) is 2.17. The van der Waals surface area contributed by atoms with Gasteiger partial charge in [0.1, 0.15) is 6.29 Å². The Kier molecular flexibility index (Phi) is 3.69. The zero-order chi connectivity index (χ0) is 8.97. The number of morpholine rings is 1. The topological polar surface area (TPSA) is 29.5 Å². The molecule has 1 unspecified atom stereocenters. The summed E-state index contributed by atoms with van der Waals surface area (Å²) in [6.45, 7) is 7.59. The molecule has 0 saturated carbocycles. The second-order valence-corrected chi connectivity index (χ2v) is 3.38. The standard InChI is InChI=1S/C9H17NO2/c1-8(7-11)9(2)10-3-5-12-6-4-10/h7-9H,3-6H2,1-2H3/t8?,9-/m0/s1. The average molecular weight is 171 g/mol. The third-order valence-corrected chi connectivity index (χ3v) is 2.60. The molecule has 0 aromatic rings. The zero-order valence-corrected chi connectivity index (χ0v) is 7.82. The largest absolute Gasteiger partial charge is 0.379 e. The molecule has 1 rings (SSSR count). The molecular weight excluding hydrogens is 154 g/mol. The van der Waals surface area contributed by atoms with E-state index in [0.717, 1.165) is 32.6 Å². The van der Waals surface area contributed by atoms with Crippen LogP contribution in [-0.4, -0.2) is 43.5 Å². The van der Waals surface area contributed by atoms with Crippen LogP contribution in [0.4, 0.5) is 0 Å². The highest BCUT2D eigenvalue weighted by Crippen LogP contribution is 2.10. The van der Waals surface area contributed by atoms with E-state index < -0.39 is 0 Å². The van der Waals surface area contributed by atoms with Crippen molar-refractivity contribution in [3.8, 4) is 0 Å². The predicted molar refractivity (Wildman–Crippen MR) is 47.1 cm³/mol. The number of hydrogen-bond acceptors (Lipinski definition) is 3. The lowest BCUT2D eigenvalue weighted by atomic mass is 10.0. The van der Waals surface area contributed by atoms with Gasteiger partial charge in [-0.15, -0.1) is 0 Å². The molecule has 2 atom stereocenters. The van der Waals surface area contributed by atoms with Crippen LogP contribution in [0.15, 0.2) is 0 Å². The van der Waals surface area contributed by atoms with Crippen molar-refractivity contribution >= 4 is 6.29 Å². The molecule has 70 valence electrons. The van der Waals surface area contributed by atoms with E-state index in [0.29, 0.717) is 6.04 Å². The van der Waals surface area contributed by atoms with Crippen molar-refractivity contribution in [2.75, 3.05) is 26.3 Å². The maximum Gasteiger partial charge on any atom is 0.124 e. The minimum absolute atomic E-state index is 0.128. The van der Waals surface area contributed by atoms with Gasteiger partial charge in [0.15, 0.2) is 0 Å². The van der Waals surface area contributed by atoms with Crippen molar-refractivity contribution in [3.63, 3.8) is 0 Å². The number of hydrogen-bond donors (Lipinski definition) is 0. The molecule has 1 aliphatic rings. The molecule has 0 N–H and O–H groups in total. The third-order valence-electron chi connectivity index (χ3n) is 2.60. The summed E-state index contributed by atoms with van der Waals surface area (Å²) in [5, 5.41) is 0. The van der Waals surface area contributed by atoms with Crippen molar-refractivity contribution in [3.05, 3.63) is 0 Å². The van der Waals surface area contributed by atoms with Crippen molar-refractivity contribution in [1.29, 1.82) is 0 Å². The lowest BCUT2D eigenvalue weighted by molar-refractivity contribution is -0.113. The zero-order valence-electron chi connectivity index (χ0n) is 7.82. The third kappa shape index (κ3) is 2.29. The van der Waals surface area contributed by atoms with Gasteiger partial charge in [0.2, 0.25) is 0 Å². The molecule has 1 fully saturated rings. The normalized spacial score (nSPS) is 24.8. The quantitative estimate of drug-likeness (QED) is 0.580. The van der Waals surface area contributed by atoms with Crippen LogP contribution in [0.25, 0.3) is 0 Å². The summed E-state index contributed by atoms with van der Waals surface area (Å²) in [6, 6.07) is 0.353. The molecule has 0 bridgehead atoms. The van der Waals surface area contributed by atoms with Crippen molar-refractivity contribution in [2.45, 2.75) is 19.9 Å². The van der Waals surface area contributed by atoms with E-state index in [9.17, 15) is 4.79 Å². The molecule has 0 aliphatic carbocycles. The van der Waals surface area contributed by atoms with Crippen LogP contribution in [0.1, 0.15) is 13.8 Å². The van der Waals surface area contributed by atoms with Gasteiger partial charge in [0.05, 0.1) is 13.2 Å². The second kappa shape index (κ2) is 4.58. The Morgan fingerprint density at radius 1 is 1.33 bits per heavy atom. The first-order valence-electron chi connectivity index (χ1n) is 4.53. The van der Waals surface area contributed by atoms with Gasteiger partial charge in [0.25, 0.3) is 0 Å². The van der Waals surface area contributed by atoms with E-state index in [1.807, 2.05) is 6.92 Å². The second-order valence-electron chi connectivity index (χ2n) is 3.38. The molecule has 1 heterocycles. The van der Waals surface area contributed by atoms with Gasteiger partial charge in [0, 0.05) is 25.0 Å². The van der Waals surface area contributed by atoms with E-state index in [4.69, 9.17) is 4.74 Å². The number of carbonyl (C=O) groups excluding carboxylic acids is 1. The summed E-state index contributed by atoms with van der Waals surface area (Å²) in [7, 11) is 0. The van der Waals surface area contributed by atoms with Crippen LogP contribution >= 0.6 is 0 Å². The first kappa shape index (κ1) is 9.68. The molecular formula is C9H17NO2. The Labute approximate surface area is 73.7 Å². The number of nitrogens with zero attached hydrogens (tertiary/aromatic N) is 1. The Balaban J connectivity index is 2.38. The molecule has 0 aromatic heterocycles. The van der Waals surface area contributed by atoms with Gasteiger partial charge in [-0.05, 0) is 6.92 Å². The maximum absolute atomic E-state index is 10.5. The van der Waals surface area contributed by atoms with Crippen molar-refractivity contribution in [1.82, 2.24) is 4.90 Å². The fourth-order valence-corrected chi connectivity index (χ4v) is 1.43. The predicted octanol–water partition coefficient (Wildman–Crippen LogP) is 0.542. The van der Waals surface area contributed by atoms with Gasteiger partial charge in [-0.3, -0.25) is 4.90 Å². The molecule has 12 heavy (non-hydrogen) atoms. The summed E-state index contributed by atoms with van der Waals surface area (Å²) < 4.78 is 5.23. The smallest absolute Gasteiger partial charge is 0.124 e. The Morgan fingerprint density at radius 2 is 1.92 bits per heavy atom.